The molecule has 0 aromatic carbocycles. The van der Waals surface area contributed by atoms with Crippen LogP contribution >= 0.6 is 0 Å². The van der Waals surface area contributed by atoms with Crippen molar-refractivity contribution in [2.45, 2.75) is 45.6 Å². The van der Waals surface area contributed by atoms with Gasteiger partial charge in [-0.2, -0.15) is 9.49 Å². The number of aromatic nitrogens is 3. The Morgan fingerprint density at radius 1 is 1.22 bits per heavy atom. The van der Waals surface area contributed by atoms with Gasteiger partial charge < -0.3 is 11.1 Å². The van der Waals surface area contributed by atoms with Crippen LogP contribution in [0.5, 0.6) is 0 Å². The summed E-state index contributed by atoms with van der Waals surface area (Å²) >= 11 is 0. The third-order valence-electron chi connectivity index (χ3n) is 5.61. The van der Waals surface area contributed by atoms with E-state index in [4.69, 9.17) is 5.73 Å². The Kier molecular flexibility index (Phi) is 4.46. The molecule has 1 amide bonds. The van der Waals surface area contributed by atoms with Crippen molar-refractivity contribution < 1.29 is 13.6 Å². The highest BCUT2D eigenvalue weighted by molar-refractivity contribution is 5.94. The Balaban J connectivity index is 1.55. The third kappa shape index (κ3) is 3.45. The number of aromatic amines is 1. The first-order valence-electron chi connectivity index (χ1n) is 9.31. The normalized spacial score (nSPS) is 18.0. The maximum Gasteiger partial charge on any atom is 0.242 e. The van der Waals surface area contributed by atoms with Crippen molar-refractivity contribution in [2.75, 3.05) is 5.32 Å². The van der Waals surface area contributed by atoms with E-state index in [1.807, 2.05) is 0 Å². The number of hydrogen-bond acceptors (Lipinski definition) is 4. The molecular formula is C19H23F2N5O. The number of carbonyl (C=O) groups is 1. The number of carbonyl (C=O) groups excluding carboxylic acids is 1. The second-order valence-corrected chi connectivity index (χ2v) is 7.73. The van der Waals surface area contributed by atoms with E-state index < -0.39 is 23.7 Å². The highest BCUT2D eigenvalue weighted by atomic mass is 19.1. The number of nitrogens with one attached hydrogen (secondary N) is 2. The number of nitrogens with zero attached hydrogens (tertiary/aromatic N) is 2. The monoisotopic (exact) mass is 375 g/mol. The predicted molar refractivity (Wildman–Crippen MR) is 96.8 cm³/mol. The van der Waals surface area contributed by atoms with Gasteiger partial charge in [-0.1, -0.05) is 0 Å². The van der Waals surface area contributed by atoms with Gasteiger partial charge in [0.1, 0.15) is 11.6 Å². The fourth-order valence-corrected chi connectivity index (χ4v) is 4.01. The molecule has 1 atom stereocenters. The number of H-pyrrole nitrogens is 1. The predicted octanol–water partition coefficient (Wildman–Crippen LogP) is 3.07. The van der Waals surface area contributed by atoms with E-state index in [0.717, 1.165) is 31.7 Å². The van der Waals surface area contributed by atoms with Crippen molar-refractivity contribution in [3.8, 4) is 11.1 Å². The molecule has 4 N–H and O–H groups in total. The van der Waals surface area contributed by atoms with Crippen LogP contribution in [0, 0.1) is 43.4 Å². The van der Waals surface area contributed by atoms with Gasteiger partial charge >= 0.3 is 0 Å². The topological polar surface area (TPSA) is 96.7 Å². The number of anilines is 1. The summed E-state index contributed by atoms with van der Waals surface area (Å²) in [5.74, 6) is -1.27. The van der Waals surface area contributed by atoms with Crippen molar-refractivity contribution in [2.24, 2.45) is 23.5 Å². The van der Waals surface area contributed by atoms with Crippen molar-refractivity contribution in [1.29, 1.82) is 0 Å². The number of hydrogen-bond donors (Lipinski definition) is 3. The summed E-state index contributed by atoms with van der Waals surface area (Å²) in [5, 5.41) is 9.15. The van der Waals surface area contributed by atoms with Gasteiger partial charge in [-0.15, -0.1) is 0 Å². The maximum absolute atomic E-state index is 14.6. The minimum atomic E-state index is -0.993. The van der Waals surface area contributed by atoms with E-state index in [-0.39, 0.29) is 17.3 Å². The number of nitrogens with two attached hydrogens (primary N) is 1. The average Bonchev–Trinajstić information content (AvgIpc) is 3.51. The Bertz CT molecular complexity index is 834. The Morgan fingerprint density at radius 2 is 1.85 bits per heavy atom. The van der Waals surface area contributed by atoms with E-state index >= 15 is 0 Å². The summed E-state index contributed by atoms with van der Waals surface area (Å²) in [5.41, 5.74) is 7.28. The molecule has 2 fully saturated rings. The largest absolute Gasteiger partial charge is 0.320 e. The van der Waals surface area contributed by atoms with Crippen LogP contribution in [-0.4, -0.2) is 27.1 Å². The minimum absolute atomic E-state index is 0.148. The van der Waals surface area contributed by atoms with E-state index in [2.05, 4.69) is 20.5 Å². The summed E-state index contributed by atoms with van der Waals surface area (Å²) in [7, 11) is 0. The second-order valence-electron chi connectivity index (χ2n) is 7.73. The molecule has 6 nitrogen and oxygen atoms in total. The highest BCUT2D eigenvalue weighted by Gasteiger charge is 2.46. The van der Waals surface area contributed by atoms with Gasteiger partial charge in [-0.3, -0.25) is 9.89 Å². The maximum atomic E-state index is 14.6. The summed E-state index contributed by atoms with van der Waals surface area (Å²) in [6.45, 7) is 3.33. The molecule has 0 aliphatic heterocycles. The molecule has 0 bridgehead atoms. The summed E-state index contributed by atoms with van der Waals surface area (Å²) in [4.78, 5) is 16.3. The lowest BCUT2D eigenvalue weighted by Gasteiger charge is -2.22. The van der Waals surface area contributed by atoms with Gasteiger partial charge in [-0.25, -0.2) is 9.37 Å². The van der Waals surface area contributed by atoms with E-state index in [9.17, 15) is 13.6 Å². The number of amides is 1. The van der Waals surface area contributed by atoms with Crippen molar-refractivity contribution in [1.82, 2.24) is 15.2 Å². The van der Waals surface area contributed by atoms with Crippen molar-refractivity contribution in [3.05, 3.63) is 29.2 Å². The van der Waals surface area contributed by atoms with Crippen LogP contribution in [-0.2, 0) is 4.79 Å². The number of pyridine rings is 1. The molecule has 2 aromatic heterocycles. The fourth-order valence-electron chi connectivity index (χ4n) is 4.01. The van der Waals surface area contributed by atoms with Crippen LogP contribution in [0.15, 0.2) is 6.07 Å². The molecule has 0 radical (unpaired) electrons. The lowest BCUT2D eigenvalue weighted by atomic mass is 9.89. The Hall–Kier alpha value is -2.35. The third-order valence-corrected chi connectivity index (χ3v) is 5.61. The molecule has 144 valence electrons. The van der Waals surface area contributed by atoms with E-state index in [1.54, 1.807) is 13.8 Å². The minimum Gasteiger partial charge on any atom is -0.320 e. The molecule has 2 aliphatic rings. The first kappa shape index (κ1) is 18.0. The highest BCUT2D eigenvalue weighted by Crippen LogP contribution is 2.50. The number of rotatable bonds is 6. The standard InChI is InChI=1S/C19H23F2N5O/c1-8-14(9(2)26-25-8)16-12(20)7-13(23-18(16)21)24-19(27)17(22)15(10-3-4-10)11-5-6-11/h7,10-11,15,17H,3-6,22H2,1-2H3,(H,25,26)(H,23,24,27)/t17-/m0/s1. The molecule has 4 rings (SSSR count). The smallest absolute Gasteiger partial charge is 0.242 e. The van der Waals surface area contributed by atoms with Gasteiger partial charge in [0.25, 0.3) is 0 Å². The Morgan fingerprint density at radius 3 is 2.33 bits per heavy atom. The molecule has 2 aliphatic carbocycles. The fraction of sp³-hybridized carbons (Fsp3) is 0.526. The molecule has 0 spiro atoms. The van der Waals surface area contributed by atoms with Gasteiger partial charge in [0.15, 0.2) is 0 Å². The average molecular weight is 375 g/mol. The first-order valence-corrected chi connectivity index (χ1v) is 9.31. The molecule has 2 aromatic rings. The zero-order valence-corrected chi connectivity index (χ0v) is 15.4. The molecular weight excluding hydrogens is 352 g/mol. The van der Waals surface area contributed by atoms with Crippen LogP contribution in [0.3, 0.4) is 0 Å². The van der Waals surface area contributed by atoms with Gasteiger partial charge in [-0.05, 0) is 57.3 Å². The van der Waals surface area contributed by atoms with Crippen molar-refractivity contribution >= 4 is 11.7 Å². The van der Waals surface area contributed by atoms with Gasteiger partial charge in [0.05, 0.1) is 17.3 Å². The van der Waals surface area contributed by atoms with Crippen LogP contribution in [0.25, 0.3) is 11.1 Å². The second kappa shape index (κ2) is 6.67. The summed E-state index contributed by atoms with van der Waals surface area (Å²) in [6.07, 6.45) is 4.40. The van der Waals surface area contributed by atoms with Crippen LogP contribution in [0.2, 0.25) is 0 Å². The Labute approximate surface area is 155 Å². The molecule has 2 saturated carbocycles. The van der Waals surface area contributed by atoms with Crippen LogP contribution in [0.1, 0.15) is 37.1 Å². The SMILES string of the molecule is Cc1n[nH]c(C)c1-c1c(F)cc(NC(=O)[C@@H](N)C(C2CC2)C2CC2)nc1F. The lowest BCUT2D eigenvalue weighted by molar-refractivity contribution is -0.118. The zero-order valence-electron chi connectivity index (χ0n) is 15.4. The van der Waals surface area contributed by atoms with Crippen LogP contribution in [0.4, 0.5) is 14.6 Å². The first-order chi connectivity index (χ1) is 12.9. The summed E-state index contributed by atoms with van der Waals surface area (Å²) in [6, 6.07) is 0.342. The lowest BCUT2D eigenvalue weighted by Crippen LogP contribution is -2.44. The quantitative estimate of drug-likeness (QED) is 0.676. The number of aryl methyl sites for hydroxylation is 2. The van der Waals surface area contributed by atoms with Crippen molar-refractivity contribution in [3.63, 3.8) is 0 Å². The zero-order chi connectivity index (χ0) is 19.3. The van der Waals surface area contributed by atoms with E-state index in [0.29, 0.717) is 28.8 Å². The molecule has 0 saturated heterocycles. The summed E-state index contributed by atoms with van der Waals surface area (Å²) < 4.78 is 29.2. The van der Waals surface area contributed by atoms with Crippen LogP contribution < -0.4 is 11.1 Å². The number of halogens is 2. The van der Waals surface area contributed by atoms with Gasteiger partial charge in [0.2, 0.25) is 11.9 Å². The molecule has 27 heavy (non-hydrogen) atoms. The van der Waals surface area contributed by atoms with Gasteiger partial charge in [0, 0.05) is 17.3 Å². The molecule has 0 unspecified atom stereocenters. The van der Waals surface area contributed by atoms with E-state index in [1.165, 1.54) is 0 Å². The molecule has 2 heterocycles. The molecule has 8 heteroatoms.